The van der Waals surface area contributed by atoms with Crippen molar-refractivity contribution in [2.24, 2.45) is 0 Å². The normalized spacial score (nSPS) is 18.9. The zero-order valence-electron chi connectivity index (χ0n) is 15.2. The Morgan fingerprint density at radius 2 is 1.89 bits per heavy atom. The number of imide groups is 1. The van der Waals surface area contributed by atoms with Crippen LogP contribution in [0.15, 0.2) is 48.5 Å². The molecule has 0 unspecified atom stereocenters. The molecule has 2 aromatic rings. The van der Waals surface area contributed by atoms with E-state index in [-0.39, 0.29) is 10.6 Å². The number of carbonyl (C=O) groups excluding carboxylic acids is 3. The maximum atomic E-state index is 13.8. The summed E-state index contributed by atoms with van der Waals surface area (Å²) in [5, 5.41) is 3.35. The van der Waals surface area contributed by atoms with E-state index in [0.717, 1.165) is 5.56 Å². The van der Waals surface area contributed by atoms with E-state index >= 15 is 0 Å². The first-order chi connectivity index (χ1) is 13.3. The number of hydrogen-bond donors (Lipinski definition) is 2. The van der Waals surface area contributed by atoms with E-state index in [1.54, 1.807) is 6.92 Å². The largest absolute Gasteiger partial charge is 0.344 e. The van der Waals surface area contributed by atoms with E-state index < -0.39 is 35.6 Å². The second-order valence-corrected chi connectivity index (χ2v) is 7.21. The van der Waals surface area contributed by atoms with Gasteiger partial charge in [0.25, 0.3) is 5.91 Å². The van der Waals surface area contributed by atoms with Gasteiger partial charge in [0.15, 0.2) is 0 Å². The summed E-state index contributed by atoms with van der Waals surface area (Å²) >= 11 is 5.91. The summed E-state index contributed by atoms with van der Waals surface area (Å²) in [6, 6.07) is 12.9. The summed E-state index contributed by atoms with van der Waals surface area (Å²) in [5.74, 6) is -1.92. The minimum atomic E-state index is -1.14. The molecule has 1 heterocycles. The van der Waals surface area contributed by atoms with Crippen molar-refractivity contribution in [2.75, 3.05) is 0 Å². The summed E-state index contributed by atoms with van der Waals surface area (Å²) in [4.78, 5) is 37.2. The first kappa shape index (κ1) is 19.8. The molecule has 28 heavy (non-hydrogen) atoms. The minimum Gasteiger partial charge on any atom is -0.322 e. The molecule has 2 aromatic carbocycles. The van der Waals surface area contributed by atoms with Crippen LogP contribution < -0.4 is 10.7 Å². The Labute approximate surface area is 166 Å². The monoisotopic (exact) mass is 403 g/mol. The van der Waals surface area contributed by atoms with Crippen molar-refractivity contribution < 1.29 is 18.8 Å². The highest BCUT2D eigenvalue weighted by atomic mass is 35.5. The molecular weight excluding hydrogens is 385 g/mol. The molecule has 1 atom stereocenters. The van der Waals surface area contributed by atoms with Gasteiger partial charge in [0.2, 0.25) is 5.91 Å². The zero-order valence-corrected chi connectivity index (χ0v) is 15.9. The molecule has 0 aliphatic carbocycles. The maximum Gasteiger partial charge on any atom is 0.344 e. The van der Waals surface area contributed by atoms with E-state index in [4.69, 9.17) is 11.6 Å². The smallest absolute Gasteiger partial charge is 0.322 e. The molecule has 1 fully saturated rings. The van der Waals surface area contributed by atoms with Crippen LogP contribution in [-0.2, 0) is 22.4 Å². The summed E-state index contributed by atoms with van der Waals surface area (Å²) < 4.78 is 13.8. The highest BCUT2D eigenvalue weighted by Crippen LogP contribution is 2.23. The van der Waals surface area contributed by atoms with Crippen molar-refractivity contribution >= 4 is 29.4 Å². The van der Waals surface area contributed by atoms with Crippen LogP contribution in [0.1, 0.15) is 24.5 Å². The Bertz CT molecular complexity index is 902. The number of nitrogens with zero attached hydrogens (tertiary/aromatic N) is 1. The second kappa shape index (κ2) is 7.98. The Balaban J connectivity index is 1.65. The van der Waals surface area contributed by atoms with Gasteiger partial charge in [0.1, 0.15) is 11.4 Å². The van der Waals surface area contributed by atoms with Gasteiger partial charge in [-0.25, -0.2) is 9.18 Å². The Morgan fingerprint density at radius 1 is 1.18 bits per heavy atom. The van der Waals surface area contributed by atoms with Crippen molar-refractivity contribution in [1.29, 1.82) is 0 Å². The number of aryl methyl sites for hydroxylation is 1. The molecule has 8 heteroatoms. The van der Waals surface area contributed by atoms with Gasteiger partial charge in [-0.15, -0.1) is 0 Å². The van der Waals surface area contributed by atoms with E-state index in [1.807, 2.05) is 30.3 Å². The van der Waals surface area contributed by atoms with Gasteiger partial charge in [-0.05, 0) is 37.5 Å². The van der Waals surface area contributed by atoms with Gasteiger partial charge in [-0.3, -0.25) is 15.0 Å². The zero-order chi connectivity index (χ0) is 20.3. The minimum absolute atomic E-state index is 0.000519. The quantitative estimate of drug-likeness (QED) is 0.728. The number of urea groups is 1. The maximum absolute atomic E-state index is 13.8. The molecule has 6 nitrogen and oxygen atoms in total. The van der Waals surface area contributed by atoms with Gasteiger partial charge in [-0.2, -0.15) is 5.01 Å². The highest BCUT2D eigenvalue weighted by Gasteiger charge is 2.48. The van der Waals surface area contributed by atoms with Crippen LogP contribution in [0.3, 0.4) is 0 Å². The lowest BCUT2D eigenvalue weighted by atomic mass is 9.93. The van der Waals surface area contributed by atoms with E-state index in [9.17, 15) is 18.8 Å². The Morgan fingerprint density at radius 3 is 2.57 bits per heavy atom. The molecule has 1 saturated heterocycles. The third-order valence-corrected chi connectivity index (χ3v) is 5.01. The number of nitrogens with one attached hydrogen (secondary N) is 2. The molecule has 0 bridgehead atoms. The van der Waals surface area contributed by atoms with Crippen molar-refractivity contribution in [3.63, 3.8) is 0 Å². The molecule has 3 rings (SSSR count). The van der Waals surface area contributed by atoms with Crippen molar-refractivity contribution in [2.45, 2.75) is 31.7 Å². The molecule has 0 spiro atoms. The number of halogens is 2. The van der Waals surface area contributed by atoms with E-state index in [0.29, 0.717) is 17.9 Å². The van der Waals surface area contributed by atoms with Crippen molar-refractivity contribution in [3.05, 3.63) is 70.5 Å². The first-order valence-electron chi connectivity index (χ1n) is 8.73. The van der Waals surface area contributed by atoms with Crippen LogP contribution in [0.25, 0.3) is 0 Å². The van der Waals surface area contributed by atoms with E-state index in [1.165, 1.54) is 18.2 Å². The van der Waals surface area contributed by atoms with Gasteiger partial charge < -0.3 is 5.32 Å². The Hall–Kier alpha value is -2.93. The fourth-order valence-corrected chi connectivity index (χ4v) is 3.25. The highest BCUT2D eigenvalue weighted by molar-refractivity contribution is 6.31. The lowest BCUT2D eigenvalue weighted by Crippen LogP contribution is -2.49. The molecule has 0 saturated carbocycles. The fraction of sp³-hybridized carbons (Fsp3) is 0.250. The number of rotatable bonds is 6. The summed E-state index contributed by atoms with van der Waals surface area (Å²) in [6.45, 7) is 1.61. The van der Waals surface area contributed by atoms with Gasteiger partial charge in [0.05, 0.1) is 6.42 Å². The molecule has 146 valence electrons. The van der Waals surface area contributed by atoms with Crippen molar-refractivity contribution in [1.82, 2.24) is 15.8 Å². The number of benzene rings is 2. The predicted molar refractivity (Wildman–Crippen MR) is 102 cm³/mol. The molecule has 1 aliphatic rings. The number of carbonyl (C=O) groups is 3. The summed E-state index contributed by atoms with van der Waals surface area (Å²) in [5.41, 5.74) is 2.13. The molecule has 0 aromatic heterocycles. The van der Waals surface area contributed by atoms with Gasteiger partial charge >= 0.3 is 6.03 Å². The van der Waals surface area contributed by atoms with Crippen LogP contribution in [-0.4, -0.2) is 28.4 Å². The predicted octanol–water partition coefficient (Wildman–Crippen LogP) is 3.00. The molecular formula is C20H19ClFN3O3. The van der Waals surface area contributed by atoms with Crippen LogP contribution in [0.4, 0.5) is 9.18 Å². The number of amides is 4. The molecule has 0 radical (unpaired) electrons. The van der Waals surface area contributed by atoms with Crippen LogP contribution in [0, 0.1) is 5.82 Å². The van der Waals surface area contributed by atoms with Crippen LogP contribution >= 0.6 is 11.6 Å². The average molecular weight is 404 g/mol. The fourth-order valence-electron chi connectivity index (χ4n) is 3.02. The average Bonchev–Trinajstić information content (AvgIpc) is 2.88. The standard InChI is InChI=1S/C20H19ClFN3O3/c1-20(11-10-13-6-3-2-4-7-13)18(27)25(19(28)23-20)24-17(26)12-14-15(21)8-5-9-16(14)22/h2-9H,10-12H2,1H3,(H,23,28)(H,24,26)/t20-/m0/s1. The van der Waals surface area contributed by atoms with Crippen LogP contribution in [0.5, 0.6) is 0 Å². The first-order valence-corrected chi connectivity index (χ1v) is 9.11. The second-order valence-electron chi connectivity index (χ2n) is 6.80. The van der Waals surface area contributed by atoms with Gasteiger partial charge in [-0.1, -0.05) is 48.0 Å². The number of hydrogen-bond acceptors (Lipinski definition) is 3. The third-order valence-electron chi connectivity index (χ3n) is 4.65. The molecule has 1 aliphatic heterocycles. The lowest BCUT2D eigenvalue weighted by molar-refractivity contribution is -0.138. The van der Waals surface area contributed by atoms with Crippen LogP contribution in [0.2, 0.25) is 5.02 Å². The molecule has 4 amide bonds. The van der Waals surface area contributed by atoms with E-state index in [2.05, 4.69) is 10.7 Å². The lowest BCUT2D eigenvalue weighted by Gasteiger charge is -2.21. The SMILES string of the molecule is C[C@@]1(CCc2ccccc2)NC(=O)N(NC(=O)Cc2c(F)cccc2Cl)C1=O. The van der Waals surface area contributed by atoms with Crippen molar-refractivity contribution in [3.8, 4) is 0 Å². The number of hydrazine groups is 1. The third kappa shape index (κ3) is 4.14. The summed E-state index contributed by atoms with van der Waals surface area (Å²) in [6.07, 6.45) is 0.548. The summed E-state index contributed by atoms with van der Waals surface area (Å²) in [7, 11) is 0. The topological polar surface area (TPSA) is 78.5 Å². The van der Waals surface area contributed by atoms with Gasteiger partial charge in [0, 0.05) is 10.6 Å². The Kier molecular flexibility index (Phi) is 5.65. The molecule has 2 N–H and O–H groups in total.